The van der Waals surface area contributed by atoms with E-state index in [4.69, 9.17) is 0 Å². The van der Waals surface area contributed by atoms with Gasteiger partial charge in [-0.05, 0) is 0 Å². The Labute approximate surface area is 233 Å². The first kappa shape index (κ1) is 44.6. The van der Waals surface area contributed by atoms with Crippen LogP contribution in [0.15, 0.2) is 0 Å². The topological polar surface area (TPSA) is 17.1 Å². The van der Waals surface area contributed by atoms with Crippen LogP contribution in [-0.4, -0.2) is 95.6 Å². The average Bonchev–Trinajstić information content (AvgIpc) is 2.86. The maximum atomic E-state index is 13.7. The lowest BCUT2D eigenvalue weighted by atomic mass is 9.83. The lowest BCUT2D eigenvalue weighted by Crippen LogP contribution is -2.79. The number of hydrogen-bond acceptors (Lipinski definition) is 1. The van der Waals surface area contributed by atoms with Gasteiger partial charge in [0.2, 0.25) is 0 Å². The molecule has 0 bridgehead atoms. The zero-order chi connectivity index (χ0) is 39.3. The molecule has 0 unspecified atom stereocenters. The number of carbonyl (C=O) groups excluding carboxylic acids is 1. The van der Waals surface area contributed by atoms with E-state index in [-0.39, 0.29) is 0 Å². The summed E-state index contributed by atoms with van der Waals surface area (Å²) in [6, 6.07) is 0. The smallest absolute Gasteiger partial charge is 0.296 e. The highest BCUT2D eigenvalue weighted by molar-refractivity contribution is 5.62. The Morgan fingerprint density at radius 1 is 0.277 bits per heavy atom. The molecule has 1 nitrogen and oxygen atoms in total. The quantitative estimate of drug-likeness (QED) is 0.120. The van der Waals surface area contributed by atoms with Crippen molar-refractivity contribution >= 4 is 6.29 Å². The van der Waals surface area contributed by atoms with Gasteiger partial charge in [0.15, 0.2) is 6.29 Å². The summed E-state index contributed by atoms with van der Waals surface area (Å²) in [4.78, 5) is 9.73. The molecule has 0 atom stereocenters. The molecule has 0 amide bonds. The molecule has 0 saturated carbocycles. The minimum Gasteiger partial charge on any atom is -0.296 e. The lowest BCUT2D eigenvalue weighted by molar-refractivity contribution is -0.485. The van der Waals surface area contributed by atoms with Crippen LogP contribution >= 0.6 is 0 Å². The van der Waals surface area contributed by atoms with E-state index in [0.717, 1.165) is 0 Å². The number of carbonyl (C=O) groups is 1. The predicted octanol–water partition coefficient (Wildman–Crippen LogP) is 9.34. The molecule has 0 N–H and O–H groups in total. The van der Waals surface area contributed by atoms with Crippen LogP contribution in [0.25, 0.3) is 0 Å². The average molecular weight is 780 g/mol. The van der Waals surface area contributed by atoms with Gasteiger partial charge in [-0.1, -0.05) is 0 Å². The first-order valence-corrected chi connectivity index (χ1v) is 9.79. The Balaban J connectivity index is 7.60. The number of rotatable bonds is 15. The Morgan fingerprint density at radius 2 is 0.426 bits per heavy atom. The molecule has 0 aliphatic rings. The van der Waals surface area contributed by atoms with E-state index in [9.17, 15) is 137 Å². The van der Waals surface area contributed by atoms with Crippen LogP contribution < -0.4 is 0 Å². The second-order valence-electron chi connectivity index (χ2n) is 8.56. The van der Waals surface area contributed by atoms with Crippen molar-refractivity contribution in [3.8, 4) is 0 Å². The van der Waals surface area contributed by atoms with Gasteiger partial charge in [0.1, 0.15) is 0 Å². The molecule has 282 valence electrons. The van der Waals surface area contributed by atoms with Gasteiger partial charge >= 0.3 is 89.3 Å². The van der Waals surface area contributed by atoms with E-state index < -0.39 is 95.6 Å². The van der Waals surface area contributed by atoms with E-state index in [2.05, 4.69) is 0 Å². The molecular weight excluding hydrogens is 778 g/mol. The summed E-state index contributed by atoms with van der Waals surface area (Å²) in [6.07, 6.45) is -9.30. The maximum Gasteiger partial charge on any atom is 0.385 e. The van der Waals surface area contributed by atoms with Gasteiger partial charge in [-0.25, -0.2) is 8.78 Å². The van der Waals surface area contributed by atoms with Crippen molar-refractivity contribution in [2.45, 2.75) is 89.3 Å². The van der Waals surface area contributed by atoms with Crippen LogP contribution in [-0.2, 0) is 4.79 Å². The van der Waals surface area contributed by atoms with Crippen LogP contribution in [0, 0.1) is 0 Å². The van der Waals surface area contributed by atoms with Crippen LogP contribution in [0.4, 0.5) is 132 Å². The Kier molecular flexibility index (Phi) is 10.2. The van der Waals surface area contributed by atoms with Gasteiger partial charge < -0.3 is 0 Å². The van der Waals surface area contributed by atoms with Gasteiger partial charge in [-0.3, -0.25) is 4.79 Å². The van der Waals surface area contributed by atoms with Crippen molar-refractivity contribution in [1.29, 1.82) is 0 Å². The highest BCUT2D eigenvalue weighted by Gasteiger charge is 3.01. The Hall–Kier alpha value is -2.43. The number of alkyl halides is 30. The van der Waals surface area contributed by atoms with Crippen molar-refractivity contribution < 1.29 is 137 Å². The number of hydrogen-bond donors (Lipinski definition) is 0. The first-order valence-electron chi connectivity index (χ1n) is 9.79. The third-order valence-corrected chi connectivity index (χ3v) is 5.60. The highest BCUT2D eigenvalue weighted by atomic mass is 19.4. The summed E-state index contributed by atoms with van der Waals surface area (Å²) < 4.78 is 398. The largest absolute Gasteiger partial charge is 0.385 e. The van der Waals surface area contributed by atoms with E-state index in [1.54, 1.807) is 0 Å². The number of aldehydes is 1. The molecule has 0 saturated heterocycles. The molecule has 0 radical (unpaired) electrons. The summed E-state index contributed by atoms with van der Waals surface area (Å²) in [5, 5.41) is 0. The fraction of sp³-hybridized carbons (Fsp3) is 0.938. The van der Waals surface area contributed by atoms with Crippen LogP contribution in [0.3, 0.4) is 0 Å². The standard InChI is InChI=1S/C16H2F30O/c17-2(18)4(21,22)6(25,26)8(29,30)10(33,34)12(37,38)14(41,42)16(45,46)15(43,44)13(39,40)11(35,36)9(31,32)7(27,28)5(23,24)3(19,20)1-47/h1-2H. The molecule has 0 spiro atoms. The lowest BCUT2D eigenvalue weighted by Gasteiger charge is -2.46. The highest BCUT2D eigenvalue weighted by Crippen LogP contribution is 2.69. The van der Waals surface area contributed by atoms with Crippen molar-refractivity contribution in [2.24, 2.45) is 0 Å². The molecule has 0 aromatic rings. The summed E-state index contributed by atoms with van der Waals surface area (Å²) in [5.41, 5.74) is 0. The van der Waals surface area contributed by atoms with Crippen LogP contribution in [0.5, 0.6) is 0 Å². The molecule has 0 fully saturated rings. The second-order valence-corrected chi connectivity index (χ2v) is 8.56. The third-order valence-electron chi connectivity index (χ3n) is 5.60. The van der Waals surface area contributed by atoms with Gasteiger partial charge in [0.25, 0.3) is 0 Å². The summed E-state index contributed by atoms with van der Waals surface area (Å²) in [7, 11) is 0. The molecule has 0 aromatic heterocycles. The molecule has 0 heterocycles. The van der Waals surface area contributed by atoms with Crippen LogP contribution in [0.2, 0.25) is 0 Å². The fourth-order valence-corrected chi connectivity index (χ4v) is 2.60. The number of halogens is 30. The molecule has 31 heteroatoms. The molecule has 47 heavy (non-hydrogen) atoms. The SMILES string of the molecule is O=CC(F)(F)C(F)(F)C(F)(F)C(F)(F)C(F)(F)C(F)(F)C(F)(F)C(F)(F)C(F)(F)C(F)(F)C(F)(F)C(F)(F)C(F)(F)C(F)(F)C(F)F. The van der Waals surface area contributed by atoms with Gasteiger partial charge in [-0.2, -0.15) is 123 Å². The molecule has 0 aromatic carbocycles. The minimum absolute atomic E-state index is 2.87. The molecule has 0 aliphatic carbocycles. The van der Waals surface area contributed by atoms with E-state index in [1.165, 1.54) is 0 Å². The normalized spacial score (nSPS) is 17.0. The van der Waals surface area contributed by atoms with E-state index in [1.807, 2.05) is 0 Å². The van der Waals surface area contributed by atoms with E-state index in [0.29, 0.717) is 0 Å². The Bertz CT molecular complexity index is 1160. The summed E-state index contributed by atoms with van der Waals surface area (Å²) >= 11 is 0. The second kappa shape index (κ2) is 10.8. The van der Waals surface area contributed by atoms with Crippen molar-refractivity contribution in [1.82, 2.24) is 0 Å². The molecule has 0 rings (SSSR count). The van der Waals surface area contributed by atoms with Crippen molar-refractivity contribution in [2.75, 3.05) is 0 Å². The fourth-order valence-electron chi connectivity index (χ4n) is 2.60. The molecule has 0 aliphatic heterocycles. The van der Waals surface area contributed by atoms with Gasteiger partial charge in [-0.15, -0.1) is 0 Å². The summed E-state index contributed by atoms with van der Waals surface area (Å²) in [6.45, 7) is 0. The first-order chi connectivity index (χ1) is 19.8. The van der Waals surface area contributed by atoms with Crippen molar-refractivity contribution in [3.05, 3.63) is 0 Å². The predicted molar refractivity (Wildman–Crippen MR) is 81.3 cm³/mol. The Morgan fingerprint density at radius 3 is 0.574 bits per heavy atom. The zero-order valence-corrected chi connectivity index (χ0v) is 19.9. The van der Waals surface area contributed by atoms with E-state index >= 15 is 0 Å². The molecular formula is C16H2F30O. The van der Waals surface area contributed by atoms with Crippen molar-refractivity contribution in [3.63, 3.8) is 0 Å². The minimum atomic E-state index is -10.0. The van der Waals surface area contributed by atoms with Gasteiger partial charge in [0, 0.05) is 0 Å². The summed E-state index contributed by atoms with van der Waals surface area (Å²) in [5.74, 6) is -130. The third kappa shape index (κ3) is 4.93. The zero-order valence-electron chi connectivity index (χ0n) is 19.9. The van der Waals surface area contributed by atoms with Gasteiger partial charge in [0.05, 0.1) is 0 Å². The van der Waals surface area contributed by atoms with Crippen LogP contribution in [0.1, 0.15) is 0 Å². The monoisotopic (exact) mass is 780 g/mol. The maximum absolute atomic E-state index is 13.7.